The maximum atomic E-state index is 5.18. The van der Waals surface area contributed by atoms with E-state index in [4.69, 9.17) is 9.97 Å². The van der Waals surface area contributed by atoms with Crippen molar-refractivity contribution < 1.29 is 0 Å². The molecule has 2 heteroatoms. The van der Waals surface area contributed by atoms with E-state index in [-0.39, 0.29) is 0 Å². The molecule has 0 fully saturated rings. The maximum Gasteiger partial charge on any atom is 0.0722 e. The van der Waals surface area contributed by atoms with Crippen LogP contribution in [0.2, 0.25) is 0 Å². The molecule has 206 valence electrons. The Morgan fingerprint density at radius 2 is 0.795 bits per heavy atom. The van der Waals surface area contributed by atoms with E-state index < -0.39 is 0 Å². The van der Waals surface area contributed by atoms with E-state index in [1.165, 1.54) is 27.5 Å². The summed E-state index contributed by atoms with van der Waals surface area (Å²) in [5, 5.41) is 3.54. The number of aromatic nitrogens is 2. The molecule has 0 saturated carbocycles. The molecule has 0 aliphatic carbocycles. The second-order valence-electron chi connectivity index (χ2n) is 11.0. The van der Waals surface area contributed by atoms with Crippen LogP contribution in [0.25, 0.3) is 77.7 Å². The summed E-state index contributed by atoms with van der Waals surface area (Å²) >= 11 is 0. The van der Waals surface area contributed by atoms with Crippen molar-refractivity contribution in [1.82, 2.24) is 9.97 Å². The third kappa shape index (κ3) is 4.73. The lowest BCUT2D eigenvalue weighted by molar-refractivity contribution is 1.32. The molecular weight excluding hydrogens is 532 g/mol. The van der Waals surface area contributed by atoms with Gasteiger partial charge in [-0.05, 0) is 57.3 Å². The highest BCUT2D eigenvalue weighted by atomic mass is 14.7. The van der Waals surface area contributed by atoms with E-state index in [1.54, 1.807) is 0 Å². The van der Waals surface area contributed by atoms with Gasteiger partial charge in [-0.3, -0.25) is 0 Å². The third-order valence-electron chi connectivity index (χ3n) is 8.26. The predicted molar refractivity (Wildman–Crippen MR) is 184 cm³/mol. The topological polar surface area (TPSA) is 25.8 Å². The highest BCUT2D eigenvalue weighted by Crippen LogP contribution is 2.40. The Balaban J connectivity index is 1.40. The molecule has 6 aromatic carbocycles. The first kappa shape index (κ1) is 25.8. The summed E-state index contributed by atoms with van der Waals surface area (Å²) in [5.41, 5.74) is 11.9. The Morgan fingerprint density at radius 1 is 0.295 bits per heavy atom. The second kappa shape index (κ2) is 11.1. The first-order chi connectivity index (χ1) is 21.8. The van der Waals surface area contributed by atoms with Crippen molar-refractivity contribution in [3.8, 4) is 56.0 Å². The van der Waals surface area contributed by atoms with Gasteiger partial charge in [0.2, 0.25) is 0 Å². The van der Waals surface area contributed by atoms with E-state index >= 15 is 0 Å². The van der Waals surface area contributed by atoms with Crippen LogP contribution in [-0.4, -0.2) is 9.97 Å². The van der Waals surface area contributed by atoms with Crippen LogP contribution in [0.15, 0.2) is 170 Å². The first-order valence-electron chi connectivity index (χ1n) is 14.9. The molecule has 2 heterocycles. The quantitative estimate of drug-likeness (QED) is 0.196. The summed E-state index contributed by atoms with van der Waals surface area (Å²) in [7, 11) is 0. The number of nitrogens with zero attached hydrogens (tertiary/aromatic N) is 2. The van der Waals surface area contributed by atoms with Crippen molar-refractivity contribution in [2.24, 2.45) is 0 Å². The zero-order chi connectivity index (χ0) is 29.3. The van der Waals surface area contributed by atoms with Crippen LogP contribution in [0.5, 0.6) is 0 Å². The zero-order valence-corrected chi connectivity index (χ0v) is 24.1. The summed E-state index contributed by atoms with van der Waals surface area (Å²) < 4.78 is 0. The highest BCUT2D eigenvalue weighted by Gasteiger charge is 2.16. The van der Waals surface area contributed by atoms with E-state index in [0.717, 1.165) is 50.2 Å². The molecule has 0 radical (unpaired) electrons. The van der Waals surface area contributed by atoms with Crippen LogP contribution >= 0.6 is 0 Å². The number of benzene rings is 6. The lowest BCUT2D eigenvalue weighted by Gasteiger charge is -2.16. The van der Waals surface area contributed by atoms with E-state index in [0.29, 0.717) is 0 Å². The maximum absolute atomic E-state index is 5.18. The van der Waals surface area contributed by atoms with Crippen LogP contribution in [0.3, 0.4) is 0 Å². The molecule has 2 nitrogen and oxygen atoms in total. The smallest absolute Gasteiger partial charge is 0.0722 e. The van der Waals surface area contributed by atoms with Gasteiger partial charge in [-0.1, -0.05) is 146 Å². The minimum atomic E-state index is 0.957. The van der Waals surface area contributed by atoms with Crippen molar-refractivity contribution in [2.45, 2.75) is 0 Å². The molecule has 2 aromatic heterocycles. The molecular formula is C42H28N2. The van der Waals surface area contributed by atoms with Crippen LogP contribution in [0.4, 0.5) is 0 Å². The average Bonchev–Trinajstić information content (AvgIpc) is 3.12. The standard InChI is InChI=1S/C42H28N2/c1-5-14-29(15-6-1)37-28-41(32-20-11-4-12-21-32)43-38-25-24-35-34(22-13-23-36(35)42(37)38)33-26-39(30-16-7-2-8-17-30)44-40(27-33)31-18-9-3-10-19-31/h1-28H. The molecule has 8 rings (SSSR count). The Bertz CT molecular complexity index is 2180. The van der Waals surface area contributed by atoms with Gasteiger partial charge in [-0.15, -0.1) is 0 Å². The largest absolute Gasteiger partial charge is 0.248 e. The molecule has 8 aromatic rings. The Hall–Kier alpha value is -5.86. The molecule has 0 spiro atoms. The van der Waals surface area contributed by atoms with Gasteiger partial charge < -0.3 is 0 Å². The van der Waals surface area contributed by atoms with Crippen molar-refractivity contribution >= 4 is 21.7 Å². The summed E-state index contributed by atoms with van der Waals surface area (Å²) in [5.74, 6) is 0. The fraction of sp³-hybridized carbons (Fsp3) is 0. The molecule has 0 unspecified atom stereocenters. The number of hydrogen-bond acceptors (Lipinski definition) is 2. The average molecular weight is 561 g/mol. The van der Waals surface area contributed by atoms with Crippen LogP contribution < -0.4 is 0 Å². The van der Waals surface area contributed by atoms with Gasteiger partial charge in [-0.2, -0.15) is 0 Å². The highest BCUT2D eigenvalue weighted by molar-refractivity contribution is 6.17. The SMILES string of the molecule is c1ccc(-c2cc(-c3cccc4c3ccc3nc(-c5ccccc5)cc(-c5ccccc5)c34)cc(-c3ccccc3)n2)cc1. The Morgan fingerprint density at radius 3 is 1.34 bits per heavy atom. The summed E-state index contributed by atoms with van der Waals surface area (Å²) in [4.78, 5) is 10.3. The molecule has 44 heavy (non-hydrogen) atoms. The molecule has 0 amide bonds. The fourth-order valence-electron chi connectivity index (χ4n) is 6.15. The summed E-state index contributed by atoms with van der Waals surface area (Å²) in [6.07, 6.45) is 0. The van der Waals surface area contributed by atoms with Gasteiger partial charge in [0.15, 0.2) is 0 Å². The minimum Gasteiger partial charge on any atom is -0.248 e. The molecule has 0 saturated heterocycles. The van der Waals surface area contributed by atoms with Crippen LogP contribution in [-0.2, 0) is 0 Å². The first-order valence-corrected chi connectivity index (χ1v) is 14.9. The monoisotopic (exact) mass is 560 g/mol. The van der Waals surface area contributed by atoms with Crippen molar-refractivity contribution in [1.29, 1.82) is 0 Å². The summed E-state index contributed by atoms with van der Waals surface area (Å²) in [6.45, 7) is 0. The van der Waals surface area contributed by atoms with E-state index in [1.807, 2.05) is 18.2 Å². The lowest BCUT2D eigenvalue weighted by Crippen LogP contribution is -1.93. The lowest BCUT2D eigenvalue weighted by atomic mass is 9.91. The third-order valence-corrected chi connectivity index (χ3v) is 8.26. The number of pyridine rings is 2. The molecule has 0 atom stereocenters. The van der Waals surface area contributed by atoms with Crippen molar-refractivity contribution in [2.75, 3.05) is 0 Å². The summed E-state index contributed by atoms with van der Waals surface area (Å²) in [6, 6.07) is 59.7. The second-order valence-corrected chi connectivity index (χ2v) is 11.0. The Kier molecular flexibility index (Phi) is 6.51. The fourth-order valence-corrected chi connectivity index (χ4v) is 6.15. The predicted octanol–water partition coefficient (Wildman–Crippen LogP) is 11.1. The Labute approximate surface area is 257 Å². The van der Waals surface area contributed by atoms with Gasteiger partial charge in [0.05, 0.1) is 22.6 Å². The molecule has 0 bridgehead atoms. The molecule has 0 N–H and O–H groups in total. The number of hydrogen-bond donors (Lipinski definition) is 0. The van der Waals surface area contributed by atoms with Gasteiger partial charge in [0, 0.05) is 22.1 Å². The molecule has 0 aliphatic rings. The number of rotatable bonds is 5. The van der Waals surface area contributed by atoms with Crippen LogP contribution in [0, 0.1) is 0 Å². The van der Waals surface area contributed by atoms with Crippen molar-refractivity contribution in [3.63, 3.8) is 0 Å². The zero-order valence-electron chi connectivity index (χ0n) is 24.1. The van der Waals surface area contributed by atoms with E-state index in [2.05, 4.69) is 152 Å². The minimum absolute atomic E-state index is 0.957. The van der Waals surface area contributed by atoms with E-state index in [9.17, 15) is 0 Å². The van der Waals surface area contributed by atoms with Gasteiger partial charge >= 0.3 is 0 Å². The van der Waals surface area contributed by atoms with Crippen molar-refractivity contribution in [3.05, 3.63) is 170 Å². The van der Waals surface area contributed by atoms with Crippen LogP contribution in [0.1, 0.15) is 0 Å². The number of fused-ring (bicyclic) bond motifs is 3. The van der Waals surface area contributed by atoms with Gasteiger partial charge in [-0.25, -0.2) is 9.97 Å². The van der Waals surface area contributed by atoms with Gasteiger partial charge in [0.25, 0.3) is 0 Å². The van der Waals surface area contributed by atoms with Gasteiger partial charge in [0.1, 0.15) is 0 Å². The molecule has 0 aliphatic heterocycles. The normalized spacial score (nSPS) is 11.2.